The van der Waals surface area contributed by atoms with Crippen molar-refractivity contribution in [1.29, 1.82) is 0 Å². The Kier molecular flexibility index (Phi) is 4.71. The average molecular weight is 480 g/mol. The lowest BCUT2D eigenvalue weighted by molar-refractivity contribution is -0.131. The molecule has 3 fully saturated rings. The number of nitrogens with zero attached hydrogens (tertiary/aromatic N) is 4. The average Bonchev–Trinajstić information content (AvgIpc) is 3.29. The number of carbonyl (C=O) groups excluding carboxylic acids is 1. The monoisotopic (exact) mass is 480 g/mol. The Morgan fingerprint density at radius 3 is 2.74 bits per heavy atom. The number of pyridine rings is 1. The van der Waals surface area contributed by atoms with Crippen LogP contribution in [-0.4, -0.2) is 64.8 Å². The van der Waals surface area contributed by atoms with Gasteiger partial charge in [0.15, 0.2) is 5.65 Å². The predicted molar refractivity (Wildman–Crippen MR) is 113 cm³/mol. The lowest BCUT2D eigenvalue weighted by Gasteiger charge is -2.37. The molecule has 0 aromatic carbocycles. The number of rotatable bonds is 4. The highest BCUT2D eigenvalue weighted by Gasteiger charge is 2.32. The van der Waals surface area contributed by atoms with Crippen LogP contribution < -0.4 is 10.2 Å². The number of aromatic amines is 1. The second kappa shape index (κ2) is 7.20. The van der Waals surface area contributed by atoms with E-state index in [4.69, 9.17) is 0 Å². The van der Waals surface area contributed by atoms with Crippen LogP contribution in [0.15, 0.2) is 6.20 Å². The Balaban J connectivity index is 1.34. The third kappa shape index (κ3) is 3.41. The van der Waals surface area contributed by atoms with E-state index in [9.17, 15) is 4.79 Å². The fraction of sp³-hybridized carbons (Fsp3) is 0.632. The Morgan fingerprint density at radius 2 is 2.04 bits per heavy atom. The van der Waals surface area contributed by atoms with E-state index in [2.05, 4.69) is 48.0 Å². The number of amides is 1. The molecule has 3 aliphatic rings. The van der Waals surface area contributed by atoms with Gasteiger partial charge in [-0.25, -0.2) is 4.98 Å². The molecule has 5 rings (SSSR count). The lowest BCUT2D eigenvalue weighted by atomic mass is 10.1. The van der Waals surface area contributed by atoms with E-state index in [1.165, 1.54) is 30.5 Å². The van der Waals surface area contributed by atoms with Gasteiger partial charge in [-0.1, -0.05) is 0 Å². The summed E-state index contributed by atoms with van der Waals surface area (Å²) in [6, 6.07) is 0.379. The normalized spacial score (nSPS) is 23.4. The third-order valence-corrected chi connectivity index (χ3v) is 6.88. The molecule has 4 heterocycles. The molecule has 2 saturated heterocycles. The zero-order valence-corrected chi connectivity index (χ0v) is 17.5. The maximum absolute atomic E-state index is 12.6. The summed E-state index contributed by atoms with van der Waals surface area (Å²) in [5.74, 6) is 0.935. The van der Waals surface area contributed by atoms with E-state index in [0.717, 1.165) is 53.9 Å². The number of aromatic nitrogens is 3. The summed E-state index contributed by atoms with van der Waals surface area (Å²) >= 11 is 2.30. The first-order valence-electron chi connectivity index (χ1n) is 9.99. The maximum atomic E-state index is 12.6. The van der Waals surface area contributed by atoms with Crippen molar-refractivity contribution in [2.75, 3.05) is 37.6 Å². The molecular weight excluding hydrogens is 455 g/mol. The van der Waals surface area contributed by atoms with E-state index in [1.807, 2.05) is 11.1 Å². The van der Waals surface area contributed by atoms with Crippen LogP contribution >= 0.6 is 22.6 Å². The van der Waals surface area contributed by atoms with Crippen LogP contribution in [0.3, 0.4) is 0 Å². The van der Waals surface area contributed by atoms with E-state index in [0.29, 0.717) is 24.3 Å². The maximum Gasteiger partial charge on any atom is 0.224 e. The molecule has 7 nitrogen and oxygen atoms in total. The molecule has 1 aliphatic carbocycles. The Labute approximate surface area is 172 Å². The molecule has 0 radical (unpaired) electrons. The molecule has 2 aromatic heterocycles. The van der Waals surface area contributed by atoms with Crippen LogP contribution in [0.5, 0.6) is 0 Å². The van der Waals surface area contributed by atoms with Crippen LogP contribution in [0.2, 0.25) is 0 Å². The van der Waals surface area contributed by atoms with Crippen LogP contribution in [0.1, 0.15) is 43.6 Å². The summed E-state index contributed by atoms with van der Waals surface area (Å²) in [5.41, 5.74) is 3.52. The number of hydrogen-bond acceptors (Lipinski definition) is 5. The Bertz CT molecular complexity index is 849. The molecule has 8 heteroatoms. The number of carbonyl (C=O) groups is 1. The highest BCUT2D eigenvalue weighted by Crippen LogP contribution is 2.46. The minimum atomic E-state index is 0.300. The Hall–Kier alpha value is -1.42. The molecule has 2 aromatic rings. The van der Waals surface area contributed by atoms with Gasteiger partial charge in [-0.15, -0.1) is 0 Å². The van der Waals surface area contributed by atoms with E-state index in [1.54, 1.807) is 0 Å². The van der Waals surface area contributed by atoms with Gasteiger partial charge in [0.2, 0.25) is 5.91 Å². The van der Waals surface area contributed by atoms with E-state index in [-0.39, 0.29) is 0 Å². The first kappa shape index (κ1) is 17.7. The van der Waals surface area contributed by atoms with Crippen molar-refractivity contribution >= 4 is 45.2 Å². The summed E-state index contributed by atoms with van der Waals surface area (Å²) in [5, 5.41) is 12.0. The molecule has 2 N–H and O–H groups in total. The van der Waals surface area contributed by atoms with E-state index >= 15 is 0 Å². The zero-order valence-electron chi connectivity index (χ0n) is 15.4. The number of hydrogen-bond donors (Lipinski definition) is 2. The topological polar surface area (TPSA) is 77.2 Å². The van der Waals surface area contributed by atoms with Crippen LogP contribution in [0.25, 0.3) is 11.0 Å². The number of anilines is 1. The fourth-order valence-corrected chi connectivity index (χ4v) is 5.07. The second-order valence-corrected chi connectivity index (χ2v) is 8.96. The van der Waals surface area contributed by atoms with Gasteiger partial charge in [-0.2, -0.15) is 5.10 Å². The van der Waals surface area contributed by atoms with Gasteiger partial charge >= 0.3 is 0 Å². The lowest BCUT2D eigenvalue weighted by Crippen LogP contribution is -2.50. The quantitative estimate of drug-likeness (QED) is 0.657. The van der Waals surface area contributed by atoms with Crippen LogP contribution in [-0.2, 0) is 4.79 Å². The van der Waals surface area contributed by atoms with Gasteiger partial charge in [0, 0.05) is 44.8 Å². The smallest absolute Gasteiger partial charge is 0.224 e. The molecule has 2 aliphatic heterocycles. The number of piperazine rings is 1. The minimum Gasteiger partial charge on any atom is -0.367 e. The first-order valence-corrected chi connectivity index (χ1v) is 11.1. The van der Waals surface area contributed by atoms with Gasteiger partial charge in [0.25, 0.3) is 0 Å². The van der Waals surface area contributed by atoms with Crippen molar-refractivity contribution in [3.05, 3.63) is 15.5 Å². The van der Waals surface area contributed by atoms with Crippen LogP contribution in [0.4, 0.5) is 5.69 Å². The van der Waals surface area contributed by atoms with Crippen molar-refractivity contribution in [2.24, 2.45) is 0 Å². The molecule has 144 valence electrons. The van der Waals surface area contributed by atoms with Crippen LogP contribution in [0, 0.1) is 3.70 Å². The molecule has 1 atom stereocenters. The summed E-state index contributed by atoms with van der Waals surface area (Å²) in [6.07, 6.45) is 7.50. The fourth-order valence-electron chi connectivity index (χ4n) is 4.44. The van der Waals surface area contributed by atoms with Crippen molar-refractivity contribution in [1.82, 2.24) is 25.4 Å². The summed E-state index contributed by atoms with van der Waals surface area (Å²) < 4.78 is 0.985. The number of fused-ring (bicyclic) bond motifs is 1. The van der Waals surface area contributed by atoms with Gasteiger partial charge in [0.1, 0.15) is 3.70 Å². The first-order chi connectivity index (χ1) is 13.2. The number of H-pyrrole nitrogens is 1. The van der Waals surface area contributed by atoms with Crippen molar-refractivity contribution in [3.63, 3.8) is 0 Å². The third-order valence-electron chi connectivity index (χ3n) is 6.10. The minimum absolute atomic E-state index is 0.300. The molecule has 1 unspecified atom stereocenters. The van der Waals surface area contributed by atoms with Gasteiger partial charge in [-0.05, 0) is 66.3 Å². The van der Waals surface area contributed by atoms with Crippen molar-refractivity contribution < 1.29 is 4.79 Å². The zero-order chi connectivity index (χ0) is 18.4. The molecular formula is C19H25IN6O. The molecule has 27 heavy (non-hydrogen) atoms. The molecule has 0 spiro atoms. The number of nitrogens with one attached hydrogen (secondary N) is 2. The Morgan fingerprint density at radius 1 is 1.22 bits per heavy atom. The molecule has 0 bridgehead atoms. The van der Waals surface area contributed by atoms with Gasteiger partial charge in [-0.3, -0.25) is 9.89 Å². The molecule has 1 amide bonds. The second-order valence-electron chi connectivity index (χ2n) is 7.94. The van der Waals surface area contributed by atoms with Gasteiger partial charge in [0.05, 0.1) is 11.1 Å². The number of halogens is 1. The highest BCUT2D eigenvalue weighted by atomic mass is 127. The summed E-state index contributed by atoms with van der Waals surface area (Å²) in [7, 11) is 0. The summed E-state index contributed by atoms with van der Waals surface area (Å²) in [4.78, 5) is 21.7. The van der Waals surface area contributed by atoms with Crippen molar-refractivity contribution in [2.45, 2.75) is 44.1 Å². The standard InChI is InChI=1S/C19H25IN6O/c20-18-16-17(14(12-3-4-12)11-22-19(16)24-23-18)26-8-6-25(7-9-26)15(27)10-13-2-1-5-21-13/h11-13,21H,1-10H2,(H,22,23,24). The molecule has 1 saturated carbocycles. The SMILES string of the molecule is O=C(CC1CCCN1)N1CCN(c2c(C3CC3)cnc3[nH]nc(I)c23)CC1. The largest absolute Gasteiger partial charge is 0.367 e. The van der Waals surface area contributed by atoms with Gasteiger partial charge < -0.3 is 15.1 Å². The predicted octanol–water partition coefficient (Wildman–Crippen LogP) is 2.23. The van der Waals surface area contributed by atoms with E-state index < -0.39 is 0 Å². The van der Waals surface area contributed by atoms with Crippen molar-refractivity contribution in [3.8, 4) is 0 Å². The summed E-state index contributed by atoms with van der Waals surface area (Å²) in [6.45, 7) is 4.41. The highest BCUT2D eigenvalue weighted by molar-refractivity contribution is 14.1.